The molecule has 0 spiro atoms. The van der Waals surface area contributed by atoms with Crippen molar-refractivity contribution in [3.05, 3.63) is 23.0 Å². The highest BCUT2D eigenvalue weighted by Gasteiger charge is 2.52. The van der Waals surface area contributed by atoms with Gasteiger partial charge in [-0.15, -0.1) is 0 Å². The maximum Gasteiger partial charge on any atom is 0.496 e. The van der Waals surface area contributed by atoms with Gasteiger partial charge in [0.1, 0.15) is 17.2 Å². The van der Waals surface area contributed by atoms with Crippen LogP contribution in [0, 0.1) is 6.92 Å². The average Bonchev–Trinajstić information content (AvgIpc) is 2.93. The van der Waals surface area contributed by atoms with Crippen LogP contribution in [-0.2, 0) is 14.0 Å². The number of aryl methyl sites for hydroxylation is 1. The minimum absolute atomic E-state index is 0.286. The van der Waals surface area contributed by atoms with E-state index in [2.05, 4.69) is 9.88 Å². The molecule has 3 heterocycles. The summed E-state index contributed by atoms with van der Waals surface area (Å²) in [5.41, 5.74) is 0.102. The van der Waals surface area contributed by atoms with Crippen molar-refractivity contribution in [2.75, 3.05) is 31.1 Å². The molecule has 8 nitrogen and oxygen atoms in total. The van der Waals surface area contributed by atoms with Gasteiger partial charge in [-0.1, -0.05) is 11.6 Å². The third kappa shape index (κ3) is 4.83. The summed E-state index contributed by atoms with van der Waals surface area (Å²) in [6.07, 6.45) is -0.286. The lowest BCUT2D eigenvalue weighted by Gasteiger charge is -2.36. The number of rotatable bonds is 2. The minimum Gasteiger partial charge on any atom is -0.444 e. The van der Waals surface area contributed by atoms with Crippen molar-refractivity contribution in [3.8, 4) is 0 Å². The second kappa shape index (κ2) is 8.54. The zero-order chi connectivity index (χ0) is 25.1. The van der Waals surface area contributed by atoms with Gasteiger partial charge < -0.3 is 23.8 Å². The number of benzene rings is 1. The number of fused-ring (bicyclic) bond motifs is 1. The Kier molecular flexibility index (Phi) is 6.28. The van der Waals surface area contributed by atoms with E-state index in [0.29, 0.717) is 37.0 Å². The summed E-state index contributed by atoms with van der Waals surface area (Å²) in [4.78, 5) is 25.7. The molecule has 0 N–H and O–H groups in total. The van der Waals surface area contributed by atoms with Gasteiger partial charge in [0.05, 0.1) is 16.7 Å². The fourth-order valence-electron chi connectivity index (χ4n) is 4.08. The molecule has 2 fully saturated rings. The third-order valence-corrected chi connectivity index (χ3v) is 6.97. The van der Waals surface area contributed by atoms with E-state index in [4.69, 9.17) is 30.6 Å². The molecule has 1 aromatic carbocycles. The van der Waals surface area contributed by atoms with Crippen molar-refractivity contribution < 1.29 is 18.8 Å². The Labute approximate surface area is 207 Å². The monoisotopic (exact) mass is 488 g/mol. The summed E-state index contributed by atoms with van der Waals surface area (Å²) in [5.74, 6) is 1.48. The van der Waals surface area contributed by atoms with Gasteiger partial charge in [0.2, 0.25) is 0 Å². The van der Waals surface area contributed by atoms with E-state index >= 15 is 0 Å². The topological polar surface area (TPSA) is 77.0 Å². The Morgan fingerprint density at radius 3 is 2.21 bits per heavy atom. The summed E-state index contributed by atoms with van der Waals surface area (Å²) in [6.45, 7) is 18.0. The van der Waals surface area contributed by atoms with Gasteiger partial charge in [-0.2, -0.15) is 0 Å². The number of aromatic nitrogens is 2. The number of piperazine rings is 1. The van der Waals surface area contributed by atoms with Crippen LogP contribution in [0.25, 0.3) is 10.9 Å². The van der Waals surface area contributed by atoms with Crippen LogP contribution in [0.5, 0.6) is 0 Å². The van der Waals surface area contributed by atoms with Crippen molar-refractivity contribution in [1.29, 1.82) is 0 Å². The molecule has 2 aliphatic rings. The number of carbonyl (C=O) groups excluding carboxylic acids is 1. The highest BCUT2D eigenvalue weighted by molar-refractivity contribution is 6.66. The van der Waals surface area contributed by atoms with Crippen LogP contribution in [0.2, 0.25) is 5.02 Å². The molecule has 2 aromatic rings. The van der Waals surface area contributed by atoms with E-state index in [9.17, 15) is 4.79 Å². The first-order chi connectivity index (χ1) is 15.7. The number of nitrogens with zero attached hydrogens (tertiary/aromatic N) is 4. The number of ether oxygens (including phenoxy) is 1. The molecule has 34 heavy (non-hydrogen) atoms. The predicted molar refractivity (Wildman–Crippen MR) is 135 cm³/mol. The fourth-order valence-corrected chi connectivity index (χ4v) is 4.33. The fraction of sp³-hybridized carbons (Fsp3) is 0.625. The smallest absolute Gasteiger partial charge is 0.444 e. The molecule has 1 amide bonds. The Hall–Kier alpha value is -2.10. The molecule has 1 aromatic heterocycles. The molecule has 184 valence electrons. The zero-order valence-electron chi connectivity index (χ0n) is 21.4. The van der Waals surface area contributed by atoms with Gasteiger partial charge in [-0.25, -0.2) is 14.8 Å². The second-order valence-electron chi connectivity index (χ2n) is 11.0. The van der Waals surface area contributed by atoms with Crippen LogP contribution < -0.4 is 10.4 Å². The van der Waals surface area contributed by atoms with E-state index in [0.717, 1.165) is 22.2 Å². The van der Waals surface area contributed by atoms with Crippen molar-refractivity contribution >= 4 is 47.0 Å². The molecule has 0 atom stereocenters. The van der Waals surface area contributed by atoms with E-state index < -0.39 is 23.9 Å². The summed E-state index contributed by atoms with van der Waals surface area (Å²) in [7, 11) is -0.571. The van der Waals surface area contributed by atoms with Gasteiger partial charge in [0, 0.05) is 42.1 Å². The summed E-state index contributed by atoms with van der Waals surface area (Å²) >= 11 is 6.74. The molecule has 0 saturated carbocycles. The average molecular weight is 489 g/mol. The van der Waals surface area contributed by atoms with Gasteiger partial charge in [-0.05, 0) is 67.5 Å². The molecule has 0 bridgehead atoms. The van der Waals surface area contributed by atoms with Gasteiger partial charge in [0.25, 0.3) is 0 Å². The third-order valence-electron chi connectivity index (χ3n) is 6.64. The quantitative estimate of drug-likeness (QED) is 0.592. The molecule has 4 rings (SSSR count). The van der Waals surface area contributed by atoms with Crippen LogP contribution in [0.4, 0.5) is 10.6 Å². The van der Waals surface area contributed by atoms with Crippen molar-refractivity contribution in [2.24, 2.45) is 0 Å². The second-order valence-corrected chi connectivity index (χ2v) is 11.4. The number of hydrogen-bond acceptors (Lipinski definition) is 7. The first-order valence-corrected chi connectivity index (χ1v) is 12.1. The Morgan fingerprint density at radius 2 is 1.65 bits per heavy atom. The molecule has 2 aliphatic heterocycles. The largest absolute Gasteiger partial charge is 0.496 e. The SMILES string of the molecule is Cc1nc(N2CCN(C(=O)OC(C)(C)C)CC2)c2cc(Cl)c(B3OC(C)(C)C(C)(C)O3)cc2n1. The summed E-state index contributed by atoms with van der Waals surface area (Å²) < 4.78 is 17.9. The number of halogens is 1. The summed E-state index contributed by atoms with van der Waals surface area (Å²) in [5, 5.41) is 1.41. The Balaban J connectivity index is 1.60. The van der Waals surface area contributed by atoms with E-state index in [1.54, 1.807) is 4.90 Å². The van der Waals surface area contributed by atoms with Gasteiger partial charge >= 0.3 is 13.2 Å². The van der Waals surface area contributed by atoms with Crippen LogP contribution >= 0.6 is 11.6 Å². The Morgan fingerprint density at radius 1 is 1.06 bits per heavy atom. The van der Waals surface area contributed by atoms with Crippen molar-refractivity contribution in [2.45, 2.75) is 72.2 Å². The lowest BCUT2D eigenvalue weighted by molar-refractivity contribution is 0.00578. The lowest BCUT2D eigenvalue weighted by Crippen LogP contribution is -2.50. The Bertz CT molecular complexity index is 1090. The predicted octanol–water partition coefficient (Wildman–Crippen LogP) is 3.95. The number of hydrogen-bond donors (Lipinski definition) is 0. The van der Waals surface area contributed by atoms with Crippen molar-refractivity contribution in [3.63, 3.8) is 0 Å². The lowest BCUT2D eigenvalue weighted by atomic mass is 9.78. The van der Waals surface area contributed by atoms with Crippen molar-refractivity contribution in [1.82, 2.24) is 14.9 Å². The van der Waals surface area contributed by atoms with Crippen LogP contribution in [0.15, 0.2) is 12.1 Å². The standard InChI is InChI=1S/C24H34BClN4O4/c1-15-27-19-14-17(25-33-23(5,6)24(7,8)34-25)18(26)13-16(19)20(28-15)29-9-11-30(12-10-29)21(31)32-22(2,3)4/h13-14H,9-12H2,1-8H3. The van der Waals surface area contributed by atoms with Gasteiger partial charge in [-0.3, -0.25) is 0 Å². The van der Waals surface area contributed by atoms with E-state index in [-0.39, 0.29) is 6.09 Å². The first-order valence-electron chi connectivity index (χ1n) is 11.7. The first kappa shape index (κ1) is 25.0. The molecule has 10 heteroatoms. The molecular formula is C24H34BClN4O4. The maximum atomic E-state index is 12.4. The minimum atomic E-state index is -0.571. The number of carbonyl (C=O) groups is 1. The normalized spacial score (nSPS) is 20.2. The number of amides is 1. The molecule has 0 aliphatic carbocycles. The molecule has 0 unspecified atom stereocenters. The van der Waals surface area contributed by atoms with E-state index in [1.807, 2.05) is 67.5 Å². The molecule has 2 saturated heterocycles. The van der Waals surface area contributed by atoms with Crippen LogP contribution in [-0.4, -0.2) is 71.1 Å². The van der Waals surface area contributed by atoms with Gasteiger partial charge in [0.15, 0.2) is 0 Å². The summed E-state index contributed by atoms with van der Waals surface area (Å²) in [6, 6.07) is 3.83. The van der Waals surface area contributed by atoms with E-state index in [1.165, 1.54) is 0 Å². The molecule has 0 radical (unpaired) electrons. The van der Waals surface area contributed by atoms with Crippen LogP contribution in [0.3, 0.4) is 0 Å². The highest BCUT2D eigenvalue weighted by atomic mass is 35.5. The number of anilines is 1. The zero-order valence-corrected chi connectivity index (χ0v) is 22.1. The van der Waals surface area contributed by atoms with Crippen LogP contribution in [0.1, 0.15) is 54.3 Å². The molecular weight excluding hydrogens is 455 g/mol. The highest BCUT2D eigenvalue weighted by Crippen LogP contribution is 2.37. The maximum absolute atomic E-state index is 12.4.